The lowest BCUT2D eigenvalue weighted by atomic mass is 9.69. The molecule has 3 atom stereocenters. The van der Waals surface area contributed by atoms with Gasteiger partial charge in [-0.3, -0.25) is 4.79 Å². The highest BCUT2D eigenvalue weighted by atomic mass is 32.1. The van der Waals surface area contributed by atoms with Crippen LogP contribution in [-0.2, 0) is 11.2 Å². The second-order valence-electron chi connectivity index (χ2n) is 8.42. The number of thiazole rings is 1. The van der Waals surface area contributed by atoms with E-state index < -0.39 is 0 Å². The minimum Gasteiger partial charge on any atom is -0.352 e. The van der Waals surface area contributed by atoms with Crippen molar-refractivity contribution in [1.29, 1.82) is 0 Å². The van der Waals surface area contributed by atoms with Crippen LogP contribution in [0.5, 0.6) is 0 Å². The molecule has 2 saturated carbocycles. The van der Waals surface area contributed by atoms with E-state index in [1.807, 2.05) is 23.6 Å². The molecule has 2 fully saturated rings. The molecule has 1 aromatic heterocycles. The van der Waals surface area contributed by atoms with E-state index in [9.17, 15) is 4.79 Å². The smallest absolute Gasteiger partial charge is 0.226 e. The number of rotatable bonds is 4. The fraction of sp³-hybridized carbons (Fsp3) is 0.524. The number of hydrogen-bond acceptors (Lipinski definition) is 3. The Kier molecular flexibility index (Phi) is 3.99. The predicted molar refractivity (Wildman–Crippen MR) is 102 cm³/mol. The van der Waals surface area contributed by atoms with Gasteiger partial charge in [-0.1, -0.05) is 51.1 Å². The Morgan fingerprint density at radius 1 is 1.28 bits per heavy atom. The quantitative estimate of drug-likeness (QED) is 0.866. The first-order valence-corrected chi connectivity index (χ1v) is 10.1. The fourth-order valence-corrected chi connectivity index (χ4v) is 5.76. The summed E-state index contributed by atoms with van der Waals surface area (Å²) in [5.74, 6) is 0.853. The molecule has 4 rings (SSSR count). The monoisotopic (exact) mass is 354 g/mol. The van der Waals surface area contributed by atoms with Crippen LogP contribution in [0.25, 0.3) is 10.6 Å². The van der Waals surface area contributed by atoms with Crippen molar-refractivity contribution >= 4 is 17.2 Å². The minimum atomic E-state index is 0.111. The summed E-state index contributed by atoms with van der Waals surface area (Å²) in [5.41, 5.74) is 2.53. The zero-order valence-corrected chi connectivity index (χ0v) is 16.0. The number of aromatic nitrogens is 1. The first-order valence-electron chi connectivity index (χ1n) is 9.19. The first kappa shape index (κ1) is 16.8. The van der Waals surface area contributed by atoms with E-state index in [1.54, 1.807) is 11.3 Å². The summed E-state index contributed by atoms with van der Waals surface area (Å²) in [7, 11) is 0. The summed E-state index contributed by atoms with van der Waals surface area (Å²) in [6.45, 7) is 7.12. The molecule has 1 N–H and O–H groups in total. The molecule has 2 bridgehead atoms. The Balaban J connectivity index is 1.42. The van der Waals surface area contributed by atoms with Gasteiger partial charge in [0.2, 0.25) is 5.91 Å². The maximum atomic E-state index is 12.6. The highest BCUT2D eigenvalue weighted by molar-refractivity contribution is 7.13. The van der Waals surface area contributed by atoms with Crippen molar-refractivity contribution in [1.82, 2.24) is 10.3 Å². The van der Waals surface area contributed by atoms with Gasteiger partial charge in [-0.05, 0) is 36.0 Å². The van der Waals surface area contributed by atoms with Gasteiger partial charge in [0.05, 0.1) is 12.1 Å². The fourth-order valence-electron chi connectivity index (χ4n) is 4.93. The molecule has 1 aromatic carbocycles. The lowest BCUT2D eigenvalue weighted by Crippen LogP contribution is -2.47. The standard InChI is InChI=1S/C21H26N2OS/c1-20(2)15-9-10-21(20,3)17(11-15)23-18(24)12-16-13-25-19(22-16)14-7-5-4-6-8-14/h4-8,13,15,17H,9-12H2,1-3H3,(H,23,24). The van der Waals surface area contributed by atoms with Crippen molar-refractivity contribution in [3.05, 3.63) is 41.4 Å². The second-order valence-corrected chi connectivity index (χ2v) is 9.28. The van der Waals surface area contributed by atoms with Crippen LogP contribution in [0.3, 0.4) is 0 Å². The molecule has 1 amide bonds. The molecule has 1 heterocycles. The third-order valence-electron chi connectivity index (χ3n) is 7.04. The van der Waals surface area contributed by atoms with E-state index in [4.69, 9.17) is 0 Å². The number of nitrogens with one attached hydrogen (secondary N) is 1. The van der Waals surface area contributed by atoms with Crippen LogP contribution in [0.15, 0.2) is 35.7 Å². The number of carbonyl (C=O) groups excluding carboxylic acids is 1. The summed E-state index contributed by atoms with van der Waals surface area (Å²) < 4.78 is 0. The molecule has 4 heteroatoms. The van der Waals surface area contributed by atoms with Gasteiger partial charge in [0.1, 0.15) is 5.01 Å². The molecule has 2 aliphatic rings. The largest absolute Gasteiger partial charge is 0.352 e. The van der Waals surface area contributed by atoms with Crippen LogP contribution < -0.4 is 5.32 Å². The molecule has 3 nitrogen and oxygen atoms in total. The molecule has 0 radical (unpaired) electrons. The van der Waals surface area contributed by atoms with E-state index in [1.165, 1.54) is 12.8 Å². The zero-order chi connectivity index (χ0) is 17.7. The topological polar surface area (TPSA) is 42.0 Å². The Bertz CT molecular complexity index is 782. The molecule has 25 heavy (non-hydrogen) atoms. The molecule has 0 spiro atoms. The van der Waals surface area contributed by atoms with Gasteiger partial charge in [0.25, 0.3) is 0 Å². The van der Waals surface area contributed by atoms with E-state index in [2.05, 4.69) is 43.2 Å². The summed E-state index contributed by atoms with van der Waals surface area (Å²) >= 11 is 1.61. The molecule has 3 unspecified atom stereocenters. The number of benzene rings is 1. The minimum absolute atomic E-state index is 0.111. The number of nitrogens with zero attached hydrogens (tertiary/aromatic N) is 1. The highest BCUT2D eigenvalue weighted by Crippen LogP contribution is 2.65. The normalized spacial score (nSPS) is 29.7. The van der Waals surface area contributed by atoms with Crippen molar-refractivity contribution in [3.63, 3.8) is 0 Å². The SMILES string of the molecule is CC1(C)C2CCC1(C)C(NC(=O)Cc1csc(-c3ccccc3)n1)C2. The van der Waals surface area contributed by atoms with Gasteiger partial charge >= 0.3 is 0 Å². The summed E-state index contributed by atoms with van der Waals surface area (Å²) in [4.78, 5) is 17.2. The maximum Gasteiger partial charge on any atom is 0.226 e. The van der Waals surface area contributed by atoms with E-state index in [0.717, 1.165) is 28.6 Å². The number of hydrogen-bond donors (Lipinski definition) is 1. The van der Waals surface area contributed by atoms with Crippen LogP contribution in [-0.4, -0.2) is 16.9 Å². The molecule has 2 aliphatic carbocycles. The van der Waals surface area contributed by atoms with Crippen LogP contribution in [0.1, 0.15) is 45.7 Å². The van der Waals surface area contributed by atoms with Crippen molar-refractivity contribution in [2.24, 2.45) is 16.7 Å². The third-order valence-corrected chi connectivity index (χ3v) is 7.98. The second kappa shape index (κ2) is 5.94. The third kappa shape index (κ3) is 2.71. The highest BCUT2D eigenvalue weighted by Gasteiger charge is 2.61. The zero-order valence-electron chi connectivity index (χ0n) is 15.2. The van der Waals surface area contributed by atoms with Gasteiger partial charge in [-0.2, -0.15) is 0 Å². The molecule has 0 saturated heterocycles. The molecular formula is C21H26N2OS. The maximum absolute atomic E-state index is 12.6. The number of fused-ring (bicyclic) bond motifs is 2. The van der Waals surface area contributed by atoms with E-state index >= 15 is 0 Å². The lowest BCUT2D eigenvalue weighted by molar-refractivity contribution is -0.122. The van der Waals surface area contributed by atoms with Gasteiger partial charge in [0.15, 0.2) is 0 Å². The molecule has 0 aliphatic heterocycles. The van der Waals surface area contributed by atoms with Crippen LogP contribution in [0.4, 0.5) is 0 Å². The van der Waals surface area contributed by atoms with Crippen molar-refractivity contribution < 1.29 is 4.79 Å². The van der Waals surface area contributed by atoms with E-state index in [-0.39, 0.29) is 11.3 Å². The van der Waals surface area contributed by atoms with Gasteiger partial charge < -0.3 is 5.32 Å². The van der Waals surface area contributed by atoms with Crippen molar-refractivity contribution in [2.75, 3.05) is 0 Å². The van der Waals surface area contributed by atoms with Crippen LogP contribution >= 0.6 is 11.3 Å². The lowest BCUT2D eigenvalue weighted by Gasteiger charge is -2.39. The molecule has 2 aromatic rings. The predicted octanol–water partition coefficient (Wildman–Crippen LogP) is 4.68. The Labute approximate surface area is 153 Å². The summed E-state index contributed by atoms with van der Waals surface area (Å²) in [5, 5.41) is 6.32. The number of carbonyl (C=O) groups is 1. The van der Waals surface area contributed by atoms with Gasteiger partial charge in [0, 0.05) is 17.0 Å². The number of amides is 1. The van der Waals surface area contributed by atoms with Crippen LogP contribution in [0, 0.1) is 16.7 Å². The Morgan fingerprint density at radius 3 is 2.68 bits per heavy atom. The first-order chi connectivity index (χ1) is 11.9. The average Bonchev–Trinajstić information content (AvgIpc) is 3.18. The average molecular weight is 355 g/mol. The van der Waals surface area contributed by atoms with Crippen molar-refractivity contribution in [2.45, 2.75) is 52.5 Å². The molecular weight excluding hydrogens is 328 g/mol. The van der Waals surface area contributed by atoms with Crippen LogP contribution in [0.2, 0.25) is 0 Å². The summed E-state index contributed by atoms with van der Waals surface area (Å²) in [6, 6.07) is 10.5. The Morgan fingerprint density at radius 2 is 2.04 bits per heavy atom. The van der Waals surface area contributed by atoms with Gasteiger partial charge in [-0.15, -0.1) is 11.3 Å². The summed E-state index contributed by atoms with van der Waals surface area (Å²) in [6.07, 6.45) is 4.04. The van der Waals surface area contributed by atoms with E-state index in [0.29, 0.717) is 17.9 Å². The van der Waals surface area contributed by atoms with Crippen molar-refractivity contribution in [3.8, 4) is 10.6 Å². The van der Waals surface area contributed by atoms with Gasteiger partial charge in [-0.25, -0.2) is 4.98 Å². The Hall–Kier alpha value is -1.68. The molecule has 132 valence electrons.